The van der Waals surface area contributed by atoms with Gasteiger partial charge in [-0.05, 0) is 37.6 Å². The fourth-order valence-electron chi connectivity index (χ4n) is 3.54. The van der Waals surface area contributed by atoms with E-state index in [0.717, 1.165) is 35.6 Å². The molecule has 1 saturated heterocycles. The summed E-state index contributed by atoms with van der Waals surface area (Å²) < 4.78 is 1.17. The summed E-state index contributed by atoms with van der Waals surface area (Å²) in [6.45, 7) is 3.84. The Morgan fingerprint density at radius 1 is 1.23 bits per heavy atom. The summed E-state index contributed by atoms with van der Waals surface area (Å²) in [6.07, 6.45) is 1.58. The van der Waals surface area contributed by atoms with Gasteiger partial charge in [-0.1, -0.05) is 42.5 Å². The number of fused-ring (bicyclic) bond motifs is 1. The van der Waals surface area contributed by atoms with Gasteiger partial charge in [0.25, 0.3) is 0 Å². The Balaban J connectivity index is 1.66. The topological polar surface area (TPSA) is 54.0 Å². The number of amides is 1. The normalized spacial score (nSPS) is 19.3. The van der Waals surface area contributed by atoms with E-state index in [-0.39, 0.29) is 11.9 Å². The van der Waals surface area contributed by atoms with E-state index in [4.69, 9.17) is 4.98 Å². The molecule has 26 heavy (non-hydrogen) atoms. The van der Waals surface area contributed by atoms with Gasteiger partial charge in [-0.3, -0.25) is 4.79 Å². The van der Waals surface area contributed by atoms with Gasteiger partial charge in [0.2, 0.25) is 5.91 Å². The fourth-order valence-corrected chi connectivity index (χ4v) is 4.66. The van der Waals surface area contributed by atoms with Crippen LogP contribution in [-0.2, 0) is 16.6 Å². The smallest absolute Gasteiger partial charge is 0.231 e. The number of hydrogen-bond donors (Lipinski definition) is 2. The lowest BCUT2D eigenvalue weighted by Gasteiger charge is -2.29. The monoisotopic (exact) mass is 365 g/mol. The van der Waals surface area contributed by atoms with Gasteiger partial charge < -0.3 is 10.6 Å². The van der Waals surface area contributed by atoms with Crippen LogP contribution in [0.3, 0.4) is 0 Å². The van der Waals surface area contributed by atoms with E-state index in [0.29, 0.717) is 6.42 Å². The molecule has 0 saturated carbocycles. The zero-order valence-electron chi connectivity index (χ0n) is 14.9. The lowest BCUT2D eigenvalue weighted by atomic mass is 9.78. The van der Waals surface area contributed by atoms with Crippen molar-refractivity contribution in [2.24, 2.45) is 0 Å². The molecule has 1 fully saturated rings. The predicted octanol–water partition coefficient (Wildman–Crippen LogP) is 3.27. The largest absolute Gasteiger partial charge is 0.351 e. The Hall–Kier alpha value is -2.24. The maximum atomic E-state index is 13.3. The van der Waals surface area contributed by atoms with Crippen molar-refractivity contribution >= 4 is 27.5 Å². The van der Waals surface area contributed by atoms with Gasteiger partial charge in [-0.2, -0.15) is 0 Å². The van der Waals surface area contributed by atoms with Crippen molar-refractivity contribution < 1.29 is 4.79 Å². The highest BCUT2D eigenvalue weighted by molar-refractivity contribution is 7.18. The zero-order chi connectivity index (χ0) is 18.0. The molecule has 2 unspecified atom stereocenters. The van der Waals surface area contributed by atoms with Gasteiger partial charge in [-0.25, -0.2) is 4.98 Å². The highest BCUT2D eigenvalue weighted by Crippen LogP contribution is 2.32. The summed E-state index contributed by atoms with van der Waals surface area (Å²) in [5.74, 6) is 0.0802. The number of para-hydroxylation sites is 1. The van der Waals surface area contributed by atoms with Gasteiger partial charge in [0, 0.05) is 19.0 Å². The van der Waals surface area contributed by atoms with E-state index >= 15 is 0 Å². The van der Waals surface area contributed by atoms with Gasteiger partial charge in [0.05, 0.1) is 20.6 Å². The van der Waals surface area contributed by atoms with Crippen LogP contribution in [0.1, 0.15) is 23.9 Å². The fraction of sp³-hybridized carbons (Fsp3) is 0.333. The molecule has 0 aliphatic carbocycles. The summed E-state index contributed by atoms with van der Waals surface area (Å²) in [7, 11) is 0. The Morgan fingerprint density at radius 3 is 2.73 bits per heavy atom. The molecule has 0 radical (unpaired) electrons. The predicted molar refractivity (Wildman–Crippen MR) is 107 cm³/mol. The molecule has 0 bridgehead atoms. The third-order valence-corrected chi connectivity index (χ3v) is 6.19. The first-order valence-corrected chi connectivity index (χ1v) is 9.88. The SMILES string of the molecule is CC(Cc1nc2ccccc2s1)(C(=O)NC1CCNC1)c1ccccc1. The van der Waals surface area contributed by atoms with E-state index in [1.807, 2.05) is 55.5 Å². The molecule has 2 aromatic carbocycles. The molecule has 2 N–H and O–H groups in total. The van der Waals surface area contributed by atoms with Crippen molar-refractivity contribution in [2.75, 3.05) is 13.1 Å². The number of carbonyl (C=O) groups excluding carboxylic acids is 1. The van der Waals surface area contributed by atoms with Crippen LogP contribution in [-0.4, -0.2) is 30.0 Å². The van der Waals surface area contributed by atoms with Crippen molar-refractivity contribution in [3.8, 4) is 0 Å². The van der Waals surface area contributed by atoms with E-state index in [1.54, 1.807) is 11.3 Å². The summed E-state index contributed by atoms with van der Waals surface area (Å²) in [5.41, 5.74) is 1.39. The molecule has 1 aliphatic rings. The van der Waals surface area contributed by atoms with E-state index in [1.165, 1.54) is 4.70 Å². The van der Waals surface area contributed by atoms with Crippen molar-refractivity contribution in [3.63, 3.8) is 0 Å². The van der Waals surface area contributed by atoms with Crippen molar-refractivity contribution in [3.05, 3.63) is 65.2 Å². The standard InChI is InChI=1S/C21H23N3OS/c1-21(15-7-3-2-4-8-15,20(25)23-16-11-12-22-14-16)13-19-24-17-9-5-6-10-18(17)26-19/h2-10,16,22H,11-14H2,1H3,(H,23,25). The molecule has 2 heterocycles. The van der Waals surface area contributed by atoms with E-state index in [2.05, 4.69) is 16.7 Å². The van der Waals surface area contributed by atoms with Crippen LogP contribution in [0, 0.1) is 0 Å². The van der Waals surface area contributed by atoms with E-state index in [9.17, 15) is 4.79 Å². The van der Waals surface area contributed by atoms with Crippen LogP contribution in [0.25, 0.3) is 10.2 Å². The number of nitrogens with one attached hydrogen (secondary N) is 2. The average molecular weight is 366 g/mol. The quantitative estimate of drug-likeness (QED) is 0.730. The minimum Gasteiger partial charge on any atom is -0.351 e. The second kappa shape index (κ2) is 7.17. The first kappa shape index (κ1) is 17.2. The highest BCUT2D eigenvalue weighted by Gasteiger charge is 2.37. The summed E-state index contributed by atoms with van der Waals surface area (Å²) in [4.78, 5) is 18.0. The molecular weight excluding hydrogens is 342 g/mol. The first-order chi connectivity index (χ1) is 12.6. The summed E-state index contributed by atoms with van der Waals surface area (Å²) >= 11 is 1.68. The molecule has 2 atom stereocenters. The van der Waals surface area contributed by atoms with Crippen molar-refractivity contribution in [1.29, 1.82) is 0 Å². The molecule has 1 aromatic heterocycles. The molecule has 1 aliphatic heterocycles. The van der Waals surface area contributed by atoms with Gasteiger partial charge >= 0.3 is 0 Å². The number of benzene rings is 2. The van der Waals surface area contributed by atoms with Crippen LogP contribution < -0.4 is 10.6 Å². The minimum atomic E-state index is -0.641. The maximum absolute atomic E-state index is 13.3. The lowest BCUT2D eigenvalue weighted by Crippen LogP contribution is -2.48. The van der Waals surface area contributed by atoms with E-state index < -0.39 is 5.41 Å². The van der Waals surface area contributed by atoms with Gasteiger partial charge in [0.15, 0.2) is 0 Å². The van der Waals surface area contributed by atoms with Crippen LogP contribution in [0.4, 0.5) is 0 Å². The molecule has 5 heteroatoms. The molecule has 1 amide bonds. The lowest BCUT2D eigenvalue weighted by molar-refractivity contribution is -0.126. The first-order valence-electron chi connectivity index (χ1n) is 9.07. The molecule has 3 aromatic rings. The second-order valence-corrected chi connectivity index (χ2v) is 8.23. The average Bonchev–Trinajstić information content (AvgIpc) is 3.31. The number of hydrogen-bond acceptors (Lipinski definition) is 4. The number of nitrogens with zero attached hydrogens (tertiary/aromatic N) is 1. The molecule has 4 rings (SSSR count). The minimum absolute atomic E-state index is 0.0802. The van der Waals surface area contributed by atoms with Crippen LogP contribution >= 0.6 is 11.3 Å². The summed E-state index contributed by atoms with van der Waals surface area (Å²) in [6, 6.07) is 18.4. The second-order valence-electron chi connectivity index (χ2n) is 7.11. The third kappa shape index (κ3) is 3.37. The van der Waals surface area contributed by atoms with Crippen molar-refractivity contribution in [1.82, 2.24) is 15.6 Å². The van der Waals surface area contributed by atoms with Gasteiger partial charge in [-0.15, -0.1) is 11.3 Å². The number of thiazole rings is 1. The third-order valence-electron chi connectivity index (χ3n) is 5.15. The zero-order valence-corrected chi connectivity index (χ0v) is 15.7. The van der Waals surface area contributed by atoms with Crippen LogP contribution in [0.2, 0.25) is 0 Å². The summed E-state index contributed by atoms with van der Waals surface area (Å²) in [5, 5.41) is 7.56. The molecular formula is C21H23N3OS. The number of rotatable bonds is 5. The van der Waals surface area contributed by atoms with Crippen LogP contribution in [0.15, 0.2) is 54.6 Å². The Labute approximate surface area is 157 Å². The van der Waals surface area contributed by atoms with Crippen LogP contribution in [0.5, 0.6) is 0 Å². The Kier molecular flexibility index (Phi) is 4.74. The Bertz CT molecular complexity index is 869. The highest BCUT2D eigenvalue weighted by atomic mass is 32.1. The Morgan fingerprint density at radius 2 is 2.00 bits per heavy atom. The molecule has 134 valence electrons. The van der Waals surface area contributed by atoms with Gasteiger partial charge in [0.1, 0.15) is 0 Å². The van der Waals surface area contributed by atoms with Crippen molar-refractivity contribution in [2.45, 2.75) is 31.2 Å². The molecule has 4 nitrogen and oxygen atoms in total. The number of aromatic nitrogens is 1. The maximum Gasteiger partial charge on any atom is 0.231 e. The number of carbonyl (C=O) groups is 1. The molecule has 0 spiro atoms.